The van der Waals surface area contributed by atoms with Gasteiger partial charge in [-0.05, 0) is 10.4 Å². The quantitative estimate of drug-likeness (QED) is 0.268. The van der Waals surface area contributed by atoms with Crippen molar-refractivity contribution in [3.63, 3.8) is 0 Å². The van der Waals surface area contributed by atoms with Crippen LogP contribution in [0.1, 0.15) is 11.9 Å². The van der Waals surface area contributed by atoms with E-state index in [0.717, 1.165) is 32.3 Å². The molecule has 0 amide bonds. The van der Waals surface area contributed by atoms with Gasteiger partial charge in [0.15, 0.2) is 6.23 Å². The molecule has 4 rings (SSSR count). The summed E-state index contributed by atoms with van der Waals surface area (Å²) in [5.74, 6) is 0. The molecule has 4 N–H and O–H groups in total. The van der Waals surface area contributed by atoms with Crippen LogP contribution in [0.4, 0.5) is 0 Å². The number of aromatic nitrogens is 4. The first-order chi connectivity index (χ1) is 16.5. The SMILES string of the molecule is Cn1nc(Cn2c(=O)ccn(C3OC(COP(=O)(O)O[P+](=O)O)C(O)[C@@H]3O)c2=O)c2ccccc21. The second-order valence-corrected chi connectivity index (χ2v) is 9.97. The minimum absolute atomic E-state index is 0.178. The fourth-order valence-corrected chi connectivity index (χ4v) is 5.03. The maximum absolute atomic E-state index is 13.1. The fraction of sp³-hybridized carbons (Fsp3) is 0.389. The Labute approximate surface area is 196 Å². The molecule has 1 aliphatic rings. The first-order valence-electron chi connectivity index (χ1n) is 10.1. The number of aliphatic hydroxyl groups excluding tert-OH is 2. The molecule has 1 saturated heterocycles. The first-order valence-corrected chi connectivity index (χ1v) is 12.7. The highest BCUT2D eigenvalue weighted by Gasteiger charge is 2.46. The van der Waals surface area contributed by atoms with E-state index in [1.165, 1.54) is 0 Å². The number of phosphoric acid groups is 1. The van der Waals surface area contributed by atoms with Gasteiger partial charge in [-0.2, -0.15) is 5.10 Å². The number of rotatable bonds is 8. The molecule has 3 heterocycles. The summed E-state index contributed by atoms with van der Waals surface area (Å²) < 4.78 is 39.4. The summed E-state index contributed by atoms with van der Waals surface area (Å²) in [6.45, 7) is -0.998. The molecule has 1 aromatic carbocycles. The molecule has 15 nitrogen and oxygen atoms in total. The summed E-state index contributed by atoms with van der Waals surface area (Å²) in [5.41, 5.74) is -0.243. The zero-order valence-electron chi connectivity index (χ0n) is 18.0. The minimum Gasteiger partial charge on any atom is -0.387 e. The van der Waals surface area contributed by atoms with Crippen LogP contribution in [0.5, 0.6) is 0 Å². The van der Waals surface area contributed by atoms with Gasteiger partial charge >= 0.3 is 21.8 Å². The van der Waals surface area contributed by atoms with Crippen molar-refractivity contribution in [3.05, 3.63) is 63.1 Å². The Kier molecular flexibility index (Phi) is 7.16. The van der Waals surface area contributed by atoms with Gasteiger partial charge in [-0.15, -0.1) is 4.89 Å². The normalized spacial score (nSPS) is 24.5. The number of aryl methyl sites for hydroxylation is 1. The predicted octanol–water partition coefficient (Wildman–Crippen LogP) is -0.653. The van der Waals surface area contributed by atoms with Crippen LogP contribution in [0.25, 0.3) is 10.9 Å². The standard InChI is InChI=1S/C18H20N4O11P2/c1-20-12-5-3-2-4-10(12)11(19-20)8-22-14(23)6-7-21(18(22)26)17-16(25)15(24)13(32-17)9-31-35(29,30)33-34(27)28/h2-7,13,15-17,24-25H,8-9H2,1H3,(H-,27,28,29,30)/p+1/t13?,15?,16-,17?/m0/s1. The third-order valence-corrected chi connectivity index (χ3v) is 7.28. The van der Waals surface area contributed by atoms with Crippen molar-refractivity contribution in [2.75, 3.05) is 6.61 Å². The van der Waals surface area contributed by atoms with E-state index >= 15 is 0 Å². The van der Waals surface area contributed by atoms with Gasteiger partial charge in [0.25, 0.3) is 5.56 Å². The average molecular weight is 531 g/mol. The van der Waals surface area contributed by atoms with Gasteiger partial charge < -0.3 is 14.9 Å². The van der Waals surface area contributed by atoms with E-state index in [0.29, 0.717) is 5.69 Å². The summed E-state index contributed by atoms with van der Waals surface area (Å²) in [6.07, 6.45) is -5.17. The number of benzene rings is 1. The van der Waals surface area contributed by atoms with Gasteiger partial charge in [-0.1, -0.05) is 18.2 Å². The van der Waals surface area contributed by atoms with Gasteiger partial charge in [0.1, 0.15) is 18.3 Å². The summed E-state index contributed by atoms with van der Waals surface area (Å²) >= 11 is 0. The summed E-state index contributed by atoms with van der Waals surface area (Å²) in [6, 6.07) is 8.32. The second kappa shape index (κ2) is 9.82. The molecule has 0 spiro atoms. The molecule has 3 aromatic rings. The van der Waals surface area contributed by atoms with Crippen LogP contribution in [0, 0.1) is 0 Å². The molecule has 35 heavy (non-hydrogen) atoms. The van der Waals surface area contributed by atoms with Gasteiger partial charge in [-0.25, -0.2) is 9.36 Å². The number of hydrogen-bond donors (Lipinski definition) is 4. The Morgan fingerprint density at radius 2 is 1.91 bits per heavy atom. The smallest absolute Gasteiger partial charge is 0.387 e. The van der Waals surface area contributed by atoms with E-state index in [1.54, 1.807) is 23.9 Å². The number of hydrogen-bond acceptors (Lipinski definition) is 10. The molecule has 0 bridgehead atoms. The second-order valence-electron chi connectivity index (χ2n) is 7.65. The highest BCUT2D eigenvalue weighted by atomic mass is 31.2. The van der Waals surface area contributed by atoms with Gasteiger partial charge in [0.05, 0.1) is 24.4 Å². The number of phosphoric ester groups is 1. The maximum atomic E-state index is 13.1. The van der Waals surface area contributed by atoms with Crippen LogP contribution in [0.3, 0.4) is 0 Å². The van der Waals surface area contributed by atoms with Crippen molar-refractivity contribution in [1.29, 1.82) is 0 Å². The van der Waals surface area contributed by atoms with Crippen molar-refractivity contribution in [1.82, 2.24) is 18.9 Å². The van der Waals surface area contributed by atoms with Gasteiger partial charge in [-0.3, -0.25) is 28.0 Å². The van der Waals surface area contributed by atoms with Crippen LogP contribution in [0.15, 0.2) is 46.1 Å². The van der Waals surface area contributed by atoms with Crippen LogP contribution in [-0.2, 0) is 36.3 Å². The Balaban J connectivity index is 1.59. The van der Waals surface area contributed by atoms with Crippen molar-refractivity contribution in [2.45, 2.75) is 31.1 Å². The number of fused-ring (bicyclic) bond motifs is 1. The molecule has 1 aliphatic heterocycles. The summed E-state index contributed by atoms with van der Waals surface area (Å²) in [5, 5.41) is 25.8. The largest absolute Gasteiger partial charge is 0.705 e. The van der Waals surface area contributed by atoms with Crippen molar-refractivity contribution >= 4 is 27.0 Å². The monoisotopic (exact) mass is 531 g/mol. The highest BCUT2D eigenvalue weighted by Crippen LogP contribution is 2.51. The van der Waals surface area contributed by atoms with Gasteiger partial charge in [0.2, 0.25) is 0 Å². The van der Waals surface area contributed by atoms with Crippen LogP contribution in [0.2, 0.25) is 0 Å². The number of aliphatic hydroxyl groups is 2. The van der Waals surface area contributed by atoms with Gasteiger partial charge in [0, 0.05) is 29.3 Å². The van der Waals surface area contributed by atoms with Crippen molar-refractivity contribution in [3.8, 4) is 0 Å². The lowest BCUT2D eigenvalue weighted by Gasteiger charge is -2.18. The fourth-order valence-electron chi connectivity index (χ4n) is 3.80. The lowest BCUT2D eigenvalue weighted by molar-refractivity contribution is -0.0545. The third kappa shape index (κ3) is 5.19. The van der Waals surface area contributed by atoms with Crippen molar-refractivity contribution < 1.29 is 42.7 Å². The first kappa shape index (κ1) is 25.5. The molecular weight excluding hydrogens is 510 g/mol. The molecule has 0 saturated carbocycles. The van der Waals surface area contributed by atoms with E-state index in [1.807, 2.05) is 12.1 Å². The van der Waals surface area contributed by atoms with Crippen LogP contribution >= 0.6 is 16.1 Å². The minimum atomic E-state index is -4.95. The molecule has 5 unspecified atom stereocenters. The van der Waals surface area contributed by atoms with E-state index < -0.39 is 58.5 Å². The molecule has 17 heteroatoms. The number of para-hydroxylation sites is 1. The predicted molar refractivity (Wildman–Crippen MR) is 117 cm³/mol. The molecular formula is C18H21N4O11P2+. The Hall–Kier alpha value is -2.58. The lowest BCUT2D eigenvalue weighted by atomic mass is 10.1. The Bertz CT molecular complexity index is 1430. The molecule has 2 aromatic heterocycles. The van der Waals surface area contributed by atoms with E-state index in [4.69, 9.17) is 9.63 Å². The summed E-state index contributed by atoms with van der Waals surface area (Å²) in [7, 11) is -6.67. The molecule has 188 valence electrons. The van der Waals surface area contributed by atoms with E-state index in [9.17, 15) is 33.8 Å². The molecule has 0 aliphatic carbocycles. The molecule has 6 atom stereocenters. The van der Waals surface area contributed by atoms with Crippen molar-refractivity contribution in [2.24, 2.45) is 7.05 Å². The number of nitrogens with zero attached hydrogens (tertiary/aromatic N) is 4. The third-order valence-electron chi connectivity index (χ3n) is 5.42. The zero-order chi connectivity index (χ0) is 25.5. The molecule has 0 radical (unpaired) electrons. The lowest BCUT2D eigenvalue weighted by Crippen LogP contribution is -2.43. The average Bonchev–Trinajstić information content (AvgIpc) is 3.25. The Morgan fingerprint density at radius 3 is 2.63 bits per heavy atom. The topological polar surface area (TPSA) is 205 Å². The molecule has 1 fully saturated rings. The maximum Gasteiger partial charge on any atom is 0.705 e. The van der Waals surface area contributed by atoms with Crippen LogP contribution < -0.4 is 11.2 Å². The van der Waals surface area contributed by atoms with E-state index in [-0.39, 0.29) is 6.54 Å². The Morgan fingerprint density at radius 1 is 1.20 bits per heavy atom. The van der Waals surface area contributed by atoms with Crippen LogP contribution in [-0.4, -0.2) is 63.8 Å². The zero-order valence-corrected chi connectivity index (χ0v) is 19.8. The number of ether oxygens (including phenoxy) is 1. The summed E-state index contributed by atoms with van der Waals surface area (Å²) in [4.78, 5) is 43.6. The highest BCUT2D eigenvalue weighted by molar-refractivity contribution is 7.55. The van der Waals surface area contributed by atoms with E-state index in [2.05, 4.69) is 13.9 Å².